The largest absolute Gasteiger partial charge is 0.289 e. The van der Waals surface area contributed by atoms with Crippen molar-refractivity contribution in [1.29, 1.82) is 0 Å². The van der Waals surface area contributed by atoms with Crippen LogP contribution in [-0.4, -0.2) is 40.5 Å². The first-order valence-electron chi connectivity index (χ1n) is 31.7. The van der Waals surface area contributed by atoms with Gasteiger partial charge in [-0.2, -0.15) is 0 Å². The summed E-state index contributed by atoms with van der Waals surface area (Å²) in [5.41, 5.74) is 10.3. The van der Waals surface area contributed by atoms with E-state index >= 15 is 0 Å². The summed E-state index contributed by atoms with van der Waals surface area (Å²) in [5.74, 6) is 0.526. The van der Waals surface area contributed by atoms with Crippen LogP contribution in [0.2, 0.25) is 0 Å². The van der Waals surface area contributed by atoms with Crippen molar-refractivity contribution in [3.8, 4) is 0 Å². The Morgan fingerprint density at radius 2 is 0.143 bits per heavy atom. The van der Waals surface area contributed by atoms with Crippen LogP contribution in [0.5, 0.6) is 0 Å². The first-order valence-corrected chi connectivity index (χ1v) is 31.7. The lowest BCUT2D eigenvalue weighted by molar-refractivity contribution is 0.103. The van der Waals surface area contributed by atoms with Gasteiger partial charge in [-0.25, -0.2) is 0 Å². The van der Waals surface area contributed by atoms with E-state index in [-0.39, 0.29) is 40.5 Å². The van der Waals surface area contributed by atoms with E-state index in [4.69, 9.17) is 0 Å². The third kappa shape index (κ3) is 23.1. The highest BCUT2D eigenvalue weighted by molar-refractivity contribution is 6.12. The predicted molar refractivity (Wildman–Crippen MR) is 394 cm³/mol. The maximum atomic E-state index is 11.8. The lowest BCUT2D eigenvalue weighted by Crippen LogP contribution is -1.99. The summed E-state index contributed by atoms with van der Waals surface area (Å²) in [5, 5.41) is 0. The SMILES string of the molecule is O=C(c1ccccc1)c1ccccc1.O=C(c1ccccc1)c1ccccc1.O=C(c1ccccc1)c1ccccc1.O=C(c1ccccc1)c1ccccc1.O=C(c1ccccc1)c1ccccc1.O=C(c1ccccc1)c1ccccc1.O=C(c1ccccc1)c1ccccc1. The zero-order valence-electron chi connectivity index (χ0n) is 53.8. The van der Waals surface area contributed by atoms with Gasteiger partial charge in [0, 0.05) is 77.9 Å². The average molecular weight is 1280 g/mol. The summed E-state index contributed by atoms with van der Waals surface area (Å²) < 4.78 is 0. The van der Waals surface area contributed by atoms with Crippen molar-refractivity contribution in [3.05, 3.63) is 503 Å². The Bertz CT molecular complexity index is 3490. The second-order valence-corrected chi connectivity index (χ2v) is 21.4. The van der Waals surface area contributed by atoms with Crippen molar-refractivity contribution in [1.82, 2.24) is 0 Å². The monoisotopic (exact) mass is 1270 g/mol. The molecule has 7 heteroatoms. The normalized spacial score (nSPS) is 9.71. The molecular weight excluding hydrogens is 1200 g/mol. The topological polar surface area (TPSA) is 119 Å². The standard InChI is InChI=1S/7C13H10O/c7*14-13(11-7-3-1-4-8-11)12-9-5-2-6-10-12/h7*1-10H. The van der Waals surface area contributed by atoms with Crippen molar-refractivity contribution in [3.63, 3.8) is 0 Å². The molecule has 14 aromatic carbocycles. The lowest BCUT2D eigenvalue weighted by atomic mass is 10.0. The molecule has 0 aromatic heterocycles. The summed E-state index contributed by atoms with van der Waals surface area (Å²) in [6, 6.07) is 130. The predicted octanol–water partition coefficient (Wildman–Crippen LogP) is 20.4. The van der Waals surface area contributed by atoms with Crippen LogP contribution in [0.1, 0.15) is 111 Å². The molecule has 0 saturated carbocycles. The van der Waals surface area contributed by atoms with Gasteiger partial charge in [-0.1, -0.05) is 425 Å². The zero-order valence-corrected chi connectivity index (χ0v) is 53.8. The van der Waals surface area contributed by atoms with E-state index in [9.17, 15) is 33.6 Å². The molecule has 0 heterocycles. The maximum absolute atomic E-state index is 11.8. The molecule has 0 N–H and O–H groups in total. The minimum absolute atomic E-state index is 0.0752. The van der Waals surface area contributed by atoms with E-state index in [0.717, 1.165) is 77.9 Å². The first-order chi connectivity index (χ1) is 48.1. The highest BCUT2D eigenvalue weighted by atomic mass is 16.1. The van der Waals surface area contributed by atoms with Crippen molar-refractivity contribution < 1.29 is 33.6 Å². The molecular formula is C91H70O7. The molecule has 0 amide bonds. The van der Waals surface area contributed by atoms with Crippen LogP contribution in [0, 0.1) is 0 Å². The summed E-state index contributed by atoms with van der Waals surface area (Å²) in [7, 11) is 0. The van der Waals surface area contributed by atoms with Gasteiger partial charge in [-0.05, 0) is 0 Å². The van der Waals surface area contributed by atoms with Crippen LogP contribution in [0.25, 0.3) is 0 Å². The van der Waals surface area contributed by atoms with Gasteiger partial charge < -0.3 is 0 Å². The molecule has 0 atom stereocenters. The highest BCUT2D eigenvalue weighted by Gasteiger charge is 2.12. The van der Waals surface area contributed by atoms with Gasteiger partial charge in [-0.15, -0.1) is 0 Å². The number of rotatable bonds is 14. The second kappa shape index (κ2) is 40.0. The Labute approximate surface area is 573 Å². The fourth-order valence-corrected chi connectivity index (χ4v) is 9.42. The maximum Gasteiger partial charge on any atom is 0.193 e. The molecule has 0 spiro atoms. The molecule has 0 unspecified atom stereocenters. The van der Waals surface area contributed by atoms with Crippen LogP contribution in [0.15, 0.2) is 425 Å². The zero-order chi connectivity index (χ0) is 68.6. The Morgan fingerprint density at radius 1 is 0.0918 bits per heavy atom. The number of ketones is 7. The van der Waals surface area contributed by atoms with E-state index in [1.54, 1.807) is 0 Å². The van der Waals surface area contributed by atoms with Gasteiger partial charge in [0.25, 0.3) is 0 Å². The van der Waals surface area contributed by atoms with E-state index < -0.39 is 0 Å². The summed E-state index contributed by atoms with van der Waals surface area (Å²) >= 11 is 0. The number of benzene rings is 14. The molecule has 476 valence electrons. The Morgan fingerprint density at radius 3 is 0.194 bits per heavy atom. The minimum atomic E-state index is 0.0752. The number of carbonyl (C=O) groups excluding carboxylic acids is 7. The van der Waals surface area contributed by atoms with Crippen LogP contribution in [0.4, 0.5) is 0 Å². The number of hydrogen-bond donors (Lipinski definition) is 0. The van der Waals surface area contributed by atoms with Crippen molar-refractivity contribution in [2.75, 3.05) is 0 Å². The highest BCUT2D eigenvalue weighted by Crippen LogP contribution is 2.15. The Balaban J connectivity index is 0.000000146. The summed E-state index contributed by atoms with van der Waals surface area (Å²) in [6.45, 7) is 0. The average Bonchev–Trinajstić information content (AvgIpc) is 1.43. The lowest BCUT2D eigenvalue weighted by Gasteiger charge is -1.99. The molecule has 0 saturated heterocycles. The van der Waals surface area contributed by atoms with Crippen molar-refractivity contribution in [2.24, 2.45) is 0 Å². The van der Waals surface area contributed by atoms with Crippen molar-refractivity contribution >= 4 is 40.5 Å². The smallest absolute Gasteiger partial charge is 0.193 e. The van der Waals surface area contributed by atoms with E-state index in [1.165, 1.54) is 0 Å². The van der Waals surface area contributed by atoms with Gasteiger partial charge in [0.1, 0.15) is 0 Å². The molecule has 0 aliphatic heterocycles. The van der Waals surface area contributed by atoms with Gasteiger partial charge in [-0.3, -0.25) is 33.6 Å². The van der Waals surface area contributed by atoms with Gasteiger partial charge in [0.15, 0.2) is 40.5 Å². The van der Waals surface area contributed by atoms with Gasteiger partial charge in [0.05, 0.1) is 0 Å². The fourth-order valence-electron chi connectivity index (χ4n) is 9.42. The molecule has 98 heavy (non-hydrogen) atoms. The molecule has 0 bridgehead atoms. The molecule has 7 nitrogen and oxygen atoms in total. The second-order valence-electron chi connectivity index (χ2n) is 21.4. The molecule has 14 aromatic rings. The van der Waals surface area contributed by atoms with Gasteiger partial charge >= 0.3 is 0 Å². The Hall–Kier alpha value is -13.2. The third-order valence-corrected chi connectivity index (χ3v) is 14.5. The van der Waals surface area contributed by atoms with Crippen LogP contribution in [0.3, 0.4) is 0 Å². The summed E-state index contributed by atoms with van der Waals surface area (Å²) in [4.78, 5) is 82.9. The molecule has 0 aliphatic rings. The van der Waals surface area contributed by atoms with E-state index in [1.807, 2.05) is 425 Å². The molecule has 0 fully saturated rings. The Kier molecular flexibility index (Phi) is 28.8. The molecule has 0 aliphatic carbocycles. The van der Waals surface area contributed by atoms with Crippen LogP contribution in [-0.2, 0) is 0 Å². The van der Waals surface area contributed by atoms with E-state index in [0.29, 0.717) is 0 Å². The first kappa shape index (κ1) is 70.6. The quantitative estimate of drug-likeness (QED) is 0.0995. The number of carbonyl (C=O) groups is 7. The third-order valence-electron chi connectivity index (χ3n) is 14.5. The molecule has 14 rings (SSSR count). The van der Waals surface area contributed by atoms with Crippen LogP contribution < -0.4 is 0 Å². The number of hydrogen-bond acceptors (Lipinski definition) is 7. The van der Waals surface area contributed by atoms with E-state index in [2.05, 4.69) is 0 Å². The van der Waals surface area contributed by atoms with Crippen molar-refractivity contribution in [2.45, 2.75) is 0 Å². The van der Waals surface area contributed by atoms with Gasteiger partial charge in [0.2, 0.25) is 0 Å². The fraction of sp³-hybridized carbons (Fsp3) is 0. The minimum Gasteiger partial charge on any atom is -0.289 e. The van der Waals surface area contributed by atoms with Crippen LogP contribution >= 0.6 is 0 Å². The summed E-state index contributed by atoms with van der Waals surface area (Å²) in [6.07, 6.45) is 0. The molecule has 0 radical (unpaired) electrons.